The van der Waals surface area contributed by atoms with Crippen molar-refractivity contribution >= 4 is 87.2 Å². The smallest absolute Gasteiger partial charge is 0.100 e. The van der Waals surface area contributed by atoms with Crippen molar-refractivity contribution in [2.75, 3.05) is 0 Å². The van der Waals surface area contributed by atoms with Crippen molar-refractivity contribution in [3.63, 3.8) is 0 Å². The summed E-state index contributed by atoms with van der Waals surface area (Å²) in [6.07, 6.45) is 3.69. The van der Waals surface area contributed by atoms with Gasteiger partial charge in [0.1, 0.15) is 6.07 Å². The van der Waals surface area contributed by atoms with Crippen LogP contribution in [0.5, 0.6) is 0 Å². The molecule has 0 aliphatic carbocycles. The topological polar surface area (TPSA) is 56.4 Å². The molecule has 6 nitrogen and oxygen atoms in total. The first-order chi connectivity index (χ1) is 45.8. The number of aromatic nitrogens is 5. The number of nitriles is 1. The zero-order valence-electron chi connectivity index (χ0n) is 51.5. The van der Waals surface area contributed by atoms with Crippen molar-refractivity contribution in [2.24, 2.45) is 0 Å². The Kier molecular flexibility index (Phi) is 12.2. The van der Waals surface area contributed by atoms with E-state index in [9.17, 15) is 5.26 Å². The Bertz CT molecular complexity index is 6060. The van der Waals surface area contributed by atoms with Crippen molar-refractivity contribution < 1.29 is 0 Å². The summed E-state index contributed by atoms with van der Waals surface area (Å²) in [5, 5.41) is 22.1. The van der Waals surface area contributed by atoms with Gasteiger partial charge in [0.2, 0.25) is 0 Å². The van der Waals surface area contributed by atoms with Gasteiger partial charge in [0, 0.05) is 89.4 Å². The minimum Gasteiger partial charge on any atom is -0.309 e. The van der Waals surface area contributed by atoms with Gasteiger partial charge >= 0.3 is 0 Å². The lowest BCUT2D eigenvalue weighted by Gasteiger charge is -2.26. The molecule has 18 rings (SSSR count). The van der Waals surface area contributed by atoms with Crippen LogP contribution >= 0.6 is 0 Å². The quantitative estimate of drug-likeness (QED) is 0.145. The van der Waals surface area contributed by atoms with Gasteiger partial charge in [0.15, 0.2) is 0 Å². The first kappa shape index (κ1) is 53.7. The third-order valence-corrected chi connectivity index (χ3v) is 19.3. The van der Waals surface area contributed by atoms with Crippen LogP contribution < -0.4 is 0 Å². The molecule has 5 heterocycles. The second-order valence-electron chi connectivity index (χ2n) is 24.8. The number of nitrogens with zero attached hydrogens (tertiary/aromatic N) is 6. The van der Waals surface area contributed by atoms with Crippen molar-refractivity contribution in [1.82, 2.24) is 23.3 Å². The molecule has 0 amide bonds. The fourth-order valence-corrected chi connectivity index (χ4v) is 15.2. The van der Waals surface area contributed by atoms with Gasteiger partial charge in [-0.1, -0.05) is 174 Å². The van der Waals surface area contributed by atoms with E-state index in [0.29, 0.717) is 5.56 Å². The Morgan fingerprint density at radius 1 is 0.247 bits per heavy atom. The van der Waals surface area contributed by atoms with Crippen LogP contribution in [0.3, 0.4) is 0 Å². The maximum atomic E-state index is 12.4. The molecule has 6 heteroatoms. The third-order valence-electron chi connectivity index (χ3n) is 19.3. The summed E-state index contributed by atoms with van der Waals surface area (Å²) < 4.78 is 9.52. The van der Waals surface area contributed by atoms with Gasteiger partial charge in [-0.05, 0) is 193 Å². The number of fused-ring (bicyclic) bond motifs is 12. The molecule has 5 aromatic heterocycles. The first-order valence-electron chi connectivity index (χ1n) is 31.8. The molecule has 0 N–H and O–H groups in total. The van der Waals surface area contributed by atoms with Crippen LogP contribution in [-0.2, 0) is 0 Å². The molecule has 0 aliphatic heterocycles. The van der Waals surface area contributed by atoms with E-state index in [-0.39, 0.29) is 0 Å². The van der Waals surface area contributed by atoms with Crippen LogP contribution in [0.1, 0.15) is 22.3 Å². The highest BCUT2D eigenvalue weighted by Crippen LogP contribution is 2.54. The minimum absolute atomic E-state index is 0.570. The Hall–Kier alpha value is -12.3. The van der Waals surface area contributed by atoms with Crippen molar-refractivity contribution in [1.29, 1.82) is 5.26 Å². The fraction of sp³-hybridized carbons (Fsp3) is 0.0345. The van der Waals surface area contributed by atoms with Gasteiger partial charge in [-0.15, -0.1) is 0 Å². The fourth-order valence-electron chi connectivity index (χ4n) is 15.2. The van der Waals surface area contributed by atoms with Crippen LogP contribution in [-0.4, -0.2) is 23.3 Å². The van der Waals surface area contributed by atoms with Crippen LogP contribution in [0.25, 0.3) is 166 Å². The highest BCUT2D eigenvalue weighted by atomic mass is 15.0. The second kappa shape index (κ2) is 21.2. The molecule has 436 valence electrons. The molecule has 0 fully saturated rings. The molecule has 0 unspecified atom stereocenters. The number of aryl methyl sites for hydroxylation is 3. The molecule has 0 atom stereocenters. The largest absolute Gasteiger partial charge is 0.309 e. The van der Waals surface area contributed by atoms with E-state index in [2.05, 4.69) is 335 Å². The summed E-state index contributed by atoms with van der Waals surface area (Å²) in [6.45, 7) is 6.49. The monoisotopic (exact) mass is 1190 g/mol. The molecular formula is C87H58N6. The first-order valence-corrected chi connectivity index (χ1v) is 31.8. The Morgan fingerprint density at radius 3 is 0.774 bits per heavy atom. The number of para-hydroxylation sites is 5. The maximum absolute atomic E-state index is 12.4. The number of hydrogen-bond donors (Lipinski definition) is 0. The van der Waals surface area contributed by atoms with Crippen molar-refractivity contribution in [3.8, 4) is 84.5 Å². The molecule has 13 aromatic carbocycles. The highest BCUT2D eigenvalue weighted by Gasteiger charge is 2.30. The minimum atomic E-state index is 0.570. The zero-order chi connectivity index (χ0) is 62.0. The number of pyridine rings is 1. The maximum Gasteiger partial charge on any atom is 0.100 e. The standard InChI is InChI=1S/C87H58N6/c1-54-24-43-80-71(50-54)68-16-6-11-21-77(68)91(80)63-35-27-57(28-36-63)83-74(53-88)84(61-46-48-89-49-47-61)86(59-29-37-62(38-30-59)90-75-19-9-4-14-66(75)67-15-5-10-20-76(67)90)87(60-33-41-65(42-34-60)93-79-23-13-8-18-70(79)73-52-56(3)26-45-82(73)93)85(83)58-31-39-64(40-32-58)92-78-22-12-7-17-69(78)72-51-55(2)25-44-81(72)92/h4-52H,1-3H3. The van der Waals surface area contributed by atoms with Gasteiger partial charge in [0.05, 0.1) is 49.7 Å². The summed E-state index contributed by atoms with van der Waals surface area (Å²) in [5.41, 5.74) is 26.9. The molecule has 93 heavy (non-hydrogen) atoms. The van der Waals surface area contributed by atoms with E-state index in [4.69, 9.17) is 0 Å². The lowest BCUT2D eigenvalue weighted by Crippen LogP contribution is -2.03. The van der Waals surface area contributed by atoms with Gasteiger partial charge in [-0.2, -0.15) is 5.26 Å². The predicted octanol–water partition coefficient (Wildman–Crippen LogP) is 22.6. The molecule has 0 saturated heterocycles. The number of rotatable bonds is 9. The van der Waals surface area contributed by atoms with Crippen LogP contribution in [0.4, 0.5) is 0 Å². The summed E-state index contributed by atoms with van der Waals surface area (Å²) in [7, 11) is 0. The van der Waals surface area contributed by atoms with Gasteiger partial charge in [-0.25, -0.2) is 0 Å². The van der Waals surface area contributed by atoms with E-state index in [0.717, 1.165) is 123 Å². The molecule has 0 spiro atoms. The number of hydrogen-bond acceptors (Lipinski definition) is 2. The molecule has 18 aromatic rings. The van der Waals surface area contributed by atoms with Gasteiger partial charge in [0.25, 0.3) is 0 Å². The zero-order valence-corrected chi connectivity index (χ0v) is 51.5. The summed E-state index contributed by atoms with van der Waals surface area (Å²) in [5.74, 6) is 0. The van der Waals surface area contributed by atoms with Crippen LogP contribution in [0.2, 0.25) is 0 Å². The third kappa shape index (κ3) is 8.37. The van der Waals surface area contributed by atoms with Crippen LogP contribution in [0, 0.1) is 32.1 Å². The Balaban J connectivity index is 0.937. The summed E-state index contributed by atoms with van der Waals surface area (Å²) in [6, 6.07) is 107. The average Bonchev–Trinajstić information content (AvgIpc) is 1.64. The highest BCUT2D eigenvalue weighted by molar-refractivity contribution is 6.15. The Morgan fingerprint density at radius 2 is 0.484 bits per heavy atom. The van der Waals surface area contributed by atoms with E-state index >= 15 is 0 Å². The predicted molar refractivity (Wildman–Crippen MR) is 388 cm³/mol. The van der Waals surface area contributed by atoms with Crippen LogP contribution in [0.15, 0.2) is 298 Å². The molecule has 0 aliphatic rings. The molecule has 0 bridgehead atoms. The SMILES string of the molecule is Cc1ccc2c(c1)c1ccccc1n2-c1ccc(-c2c(C#N)c(-c3ccncc3)c(-c3ccc(-n4c5ccccc5c5ccccc54)cc3)c(-c3ccc(-n4c5ccccc5c5cc(C)ccc54)cc3)c2-c2ccc(-n3c4ccccc4c4cc(C)ccc43)cc2)cc1. The van der Waals surface area contributed by atoms with E-state index in [1.807, 2.05) is 12.4 Å². The second-order valence-corrected chi connectivity index (χ2v) is 24.8. The van der Waals surface area contributed by atoms with Crippen molar-refractivity contribution in [3.05, 3.63) is 320 Å². The van der Waals surface area contributed by atoms with Gasteiger partial charge in [-0.3, -0.25) is 4.98 Å². The number of benzene rings is 13. The van der Waals surface area contributed by atoms with E-state index in [1.165, 1.54) is 59.8 Å². The molecular weight excluding hydrogens is 1130 g/mol. The summed E-state index contributed by atoms with van der Waals surface area (Å²) in [4.78, 5) is 4.59. The molecule has 0 radical (unpaired) electrons. The normalized spacial score (nSPS) is 11.8. The average molecular weight is 1190 g/mol. The molecule has 0 saturated carbocycles. The lowest BCUT2D eigenvalue weighted by atomic mass is 9.76. The van der Waals surface area contributed by atoms with E-state index < -0.39 is 0 Å². The Labute approximate surface area is 537 Å². The van der Waals surface area contributed by atoms with Crippen molar-refractivity contribution in [2.45, 2.75) is 20.8 Å². The van der Waals surface area contributed by atoms with Gasteiger partial charge < -0.3 is 18.3 Å². The lowest BCUT2D eigenvalue weighted by molar-refractivity contribution is 1.18. The van der Waals surface area contributed by atoms with E-state index in [1.54, 1.807) is 0 Å². The summed E-state index contributed by atoms with van der Waals surface area (Å²) >= 11 is 0.